The number of hydrogen-bond acceptors (Lipinski definition) is 4. The molecular formula is C21H19BrN2OS. The molecule has 0 amide bonds. The van der Waals surface area contributed by atoms with Crippen molar-refractivity contribution in [3.63, 3.8) is 0 Å². The van der Waals surface area contributed by atoms with Crippen molar-refractivity contribution in [2.24, 2.45) is 4.99 Å². The van der Waals surface area contributed by atoms with Crippen LogP contribution in [-0.4, -0.2) is 29.0 Å². The molecule has 0 fully saturated rings. The van der Waals surface area contributed by atoms with Gasteiger partial charge in [-0.1, -0.05) is 46.3 Å². The van der Waals surface area contributed by atoms with Gasteiger partial charge in [0, 0.05) is 34.1 Å². The Morgan fingerprint density at radius 3 is 2.69 bits per heavy atom. The van der Waals surface area contributed by atoms with E-state index in [1.54, 1.807) is 11.3 Å². The van der Waals surface area contributed by atoms with Gasteiger partial charge in [0.25, 0.3) is 0 Å². The first kappa shape index (κ1) is 17.5. The zero-order chi connectivity index (χ0) is 17.9. The Kier molecular flexibility index (Phi) is 5.20. The van der Waals surface area contributed by atoms with E-state index in [1.165, 1.54) is 11.1 Å². The van der Waals surface area contributed by atoms with E-state index in [1.807, 2.05) is 12.1 Å². The summed E-state index contributed by atoms with van der Waals surface area (Å²) in [5.41, 5.74) is 4.54. The number of fused-ring (bicyclic) bond motifs is 1. The number of aliphatic hydroxyl groups is 1. The van der Waals surface area contributed by atoms with Gasteiger partial charge < -0.3 is 10.0 Å². The van der Waals surface area contributed by atoms with Gasteiger partial charge in [-0.2, -0.15) is 11.3 Å². The largest absolute Gasteiger partial charge is 0.396 e. The lowest BCUT2D eigenvalue weighted by Crippen LogP contribution is -2.39. The summed E-state index contributed by atoms with van der Waals surface area (Å²) in [5, 5.41) is 13.7. The van der Waals surface area contributed by atoms with E-state index < -0.39 is 0 Å². The number of thiophene rings is 1. The minimum absolute atomic E-state index is 0.0719. The zero-order valence-corrected chi connectivity index (χ0v) is 16.6. The number of aliphatic hydroxyl groups excluding tert-OH is 1. The normalized spacial score (nSPS) is 16.3. The summed E-state index contributed by atoms with van der Waals surface area (Å²) in [6.07, 6.45) is 0.704. The van der Waals surface area contributed by atoms with E-state index in [2.05, 4.69) is 74.1 Å². The fraction of sp³-hybridized carbons (Fsp3) is 0.190. The Morgan fingerprint density at radius 2 is 1.96 bits per heavy atom. The van der Waals surface area contributed by atoms with Crippen molar-refractivity contribution in [3.8, 4) is 0 Å². The predicted octanol–water partition coefficient (Wildman–Crippen LogP) is 5.38. The van der Waals surface area contributed by atoms with Crippen molar-refractivity contribution in [1.29, 1.82) is 0 Å². The van der Waals surface area contributed by atoms with Gasteiger partial charge in [-0.15, -0.1) is 0 Å². The average molecular weight is 427 g/mol. The third-order valence-electron chi connectivity index (χ3n) is 4.55. The molecule has 2 heterocycles. The van der Waals surface area contributed by atoms with Crippen LogP contribution in [-0.2, 0) is 0 Å². The third-order valence-corrected chi connectivity index (χ3v) is 5.72. The van der Waals surface area contributed by atoms with Gasteiger partial charge in [0.05, 0.1) is 11.7 Å². The number of benzene rings is 2. The number of amidine groups is 1. The molecule has 3 nitrogen and oxygen atoms in total. The molecule has 4 rings (SSSR count). The maximum Gasteiger partial charge on any atom is 0.138 e. The minimum atomic E-state index is 0.0719. The second-order valence-corrected chi connectivity index (χ2v) is 7.93. The summed E-state index contributed by atoms with van der Waals surface area (Å²) in [7, 11) is 0. The summed E-state index contributed by atoms with van der Waals surface area (Å²) >= 11 is 5.29. The highest BCUT2D eigenvalue weighted by Gasteiger charge is 2.31. The third kappa shape index (κ3) is 3.34. The fourth-order valence-electron chi connectivity index (χ4n) is 3.41. The summed E-state index contributed by atoms with van der Waals surface area (Å²) in [6.45, 7) is 0.914. The van der Waals surface area contributed by atoms with Crippen LogP contribution in [0.2, 0.25) is 0 Å². The number of aliphatic imine (C=N–C) groups is 1. The predicted molar refractivity (Wildman–Crippen MR) is 111 cm³/mol. The highest BCUT2D eigenvalue weighted by molar-refractivity contribution is 9.10. The van der Waals surface area contributed by atoms with Crippen LogP contribution in [0, 0.1) is 0 Å². The Morgan fingerprint density at radius 1 is 1.12 bits per heavy atom. The van der Waals surface area contributed by atoms with E-state index in [9.17, 15) is 5.11 Å². The first-order valence-electron chi connectivity index (χ1n) is 8.61. The van der Waals surface area contributed by atoms with Gasteiger partial charge in [0.15, 0.2) is 0 Å². The van der Waals surface area contributed by atoms with E-state index >= 15 is 0 Å². The van der Waals surface area contributed by atoms with Gasteiger partial charge in [-0.05, 0) is 41.6 Å². The molecule has 1 atom stereocenters. The average Bonchev–Trinajstić information content (AvgIpc) is 3.20. The van der Waals surface area contributed by atoms with Crippen LogP contribution in [0.15, 0.2) is 74.8 Å². The molecule has 0 spiro atoms. The Bertz CT molecular complexity index is 909. The zero-order valence-electron chi connectivity index (χ0n) is 14.2. The highest BCUT2D eigenvalue weighted by atomic mass is 79.9. The smallest absolute Gasteiger partial charge is 0.138 e. The van der Waals surface area contributed by atoms with Crippen LogP contribution in [0.1, 0.15) is 29.2 Å². The molecular weight excluding hydrogens is 408 g/mol. The van der Waals surface area contributed by atoms with Gasteiger partial charge >= 0.3 is 0 Å². The fourth-order valence-corrected chi connectivity index (χ4v) is 4.42. The molecule has 0 bridgehead atoms. The maximum absolute atomic E-state index is 9.44. The number of rotatable bonds is 5. The number of halogens is 1. The molecule has 5 heteroatoms. The quantitative estimate of drug-likeness (QED) is 0.594. The van der Waals surface area contributed by atoms with Crippen molar-refractivity contribution in [3.05, 3.63) is 86.5 Å². The monoisotopic (exact) mass is 426 g/mol. The van der Waals surface area contributed by atoms with E-state index in [4.69, 9.17) is 4.99 Å². The lowest BCUT2D eigenvalue weighted by atomic mass is 9.93. The van der Waals surface area contributed by atoms with E-state index in [0.717, 1.165) is 28.1 Å². The first-order valence-corrected chi connectivity index (χ1v) is 10.3. The molecule has 2 aromatic carbocycles. The highest BCUT2D eigenvalue weighted by Crippen LogP contribution is 2.41. The van der Waals surface area contributed by atoms with Gasteiger partial charge in [-0.3, -0.25) is 0 Å². The lowest BCUT2D eigenvalue weighted by molar-refractivity contribution is 0.254. The summed E-state index contributed by atoms with van der Waals surface area (Å²) in [5.74, 6) is 0.975. The molecule has 1 aliphatic rings. The molecule has 132 valence electrons. The van der Waals surface area contributed by atoms with E-state index in [-0.39, 0.29) is 12.6 Å². The Balaban J connectivity index is 1.91. The SMILES string of the molecule is OCCCN1C(c2ccsc2)=Nc2ccc(Br)cc2C1c1ccccc1. The standard InChI is InChI=1S/C21H19BrN2OS/c22-17-7-8-19-18(13-17)20(15-5-2-1-3-6-15)24(10-4-11-25)21(23-19)16-9-12-26-14-16/h1-3,5-9,12-14,20,25H,4,10-11H2. The molecule has 0 saturated heterocycles. The number of nitrogens with zero attached hydrogens (tertiary/aromatic N) is 2. The van der Waals surface area contributed by atoms with Gasteiger partial charge in [-0.25, -0.2) is 4.99 Å². The van der Waals surface area contributed by atoms with Crippen LogP contribution < -0.4 is 0 Å². The Labute approximate surface area is 165 Å². The molecule has 0 aliphatic carbocycles. The van der Waals surface area contributed by atoms with Gasteiger partial charge in [0.2, 0.25) is 0 Å². The molecule has 0 radical (unpaired) electrons. The lowest BCUT2D eigenvalue weighted by Gasteiger charge is -2.38. The maximum atomic E-state index is 9.44. The van der Waals surface area contributed by atoms with E-state index in [0.29, 0.717) is 6.42 Å². The van der Waals surface area contributed by atoms with Crippen LogP contribution in [0.4, 0.5) is 5.69 Å². The summed E-state index contributed by atoms with van der Waals surface area (Å²) in [6, 6.07) is 19.0. The van der Waals surface area contributed by atoms with Crippen molar-refractivity contribution in [2.75, 3.05) is 13.2 Å². The minimum Gasteiger partial charge on any atom is -0.396 e. The molecule has 1 N–H and O–H groups in total. The van der Waals surface area contributed by atoms with Crippen molar-refractivity contribution in [1.82, 2.24) is 4.90 Å². The second-order valence-electron chi connectivity index (χ2n) is 6.23. The van der Waals surface area contributed by atoms with Gasteiger partial charge in [0.1, 0.15) is 5.84 Å². The molecule has 1 aliphatic heterocycles. The molecule has 26 heavy (non-hydrogen) atoms. The Hall–Kier alpha value is -1.95. The molecule has 1 unspecified atom stereocenters. The van der Waals surface area contributed by atoms with Crippen LogP contribution in [0.5, 0.6) is 0 Å². The second kappa shape index (κ2) is 7.74. The summed E-state index contributed by atoms with van der Waals surface area (Å²) in [4.78, 5) is 7.31. The van der Waals surface area contributed by atoms with Crippen LogP contribution in [0.3, 0.4) is 0 Å². The van der Waals surface area contributed by atoms with Crippen molar-refractivity contribution >= 4 is 38.8 Å². The van der Waals surface area contributed by atoms with Crippen LogP contribution >= 0.6 is 27.3 Å². The summed E-state index contributed by atoms with van der Waals surface area (Å²) < 4.78 is 1.05. The number of hydrogen-bond donors (Lipinski definition) is 1. The first-order chi connectivity index (χ1) is 12.8. The van der Waals surface area contributed by atoms with Crippen molar-refractivity contribution < 1.29 is 5.11 Å². The molecule has 3 aromatic rings. The van der Waals surface area contributed by atoms with Crippen molar-refractivity contribution in [2.45, 2.75) is 12.5 Å². The van der Waals surface area contributed by atoms with Crippen LogP contribution in [0.25, 0.3) is 0 Å². The molecule has 1 aromatic heterocycles. The molecule has 0 saturated carbocycles. The topological polar surface area (TPSA) is 35.8 Å².